The molecule has 1 aromatic rings. The summed E-state index contributed by atoms with van der Waals surface area (Å²) in [4.78, 5) is 11.3. The summed E-state index contributed by atoms with van der Waals surface area (Å²) in [5, 5.41) is 2.77. The van der Waals surface area contributed by atoms with Gasteiger partial charge in [0.2, 0.25) is 5.91 Å². The van der Waals surface area contributed by atoms with Crippen molar-refractivity contribution in [2.24, 2.45) is 11.7 Å². The molecule has 0 aliphatic heterocycles. The number of benzene rings is 1. The van der Waals surface area contributed by atoms with Crippen LogP contribution in [0.25, 0.3) is 0 Å². The molecule has 0 saturated carbocycles. The second-order valence-corrected chi connectivity index (χ2v) is 4.86. The van der Waals surface area contributed by atoms with Crippen LogP contribution in [0.15, 0.2) is 24.3 Å². The van der Waals surface area contributed by atoms with Crippen molar-refractivity contribution >= 4 is 5.91 Å². The first kappa shape index (κ1) is 14.5. The molecular formula is C14H22N2O2. The Labute approximate surface area is 109 Å². The van der Waals surface area contributed by atoms with E-state index in [1.807, 2.05) is 24.3 Å². The number of hydrogen-bond acceptors (Lipinski definition) is 3. The van der Waals surface area contributed by atoms with Crippen LogP contribution in [-0.2, 0) is 11.3 Å². The van der Waals surface area contributed by atoms with Crippen LogP contribution in [0.5, 0.6) is 5.75 Å². The SMILES string of the molecule is CC(C)COc1cccc(CNC(=O)[C@@H](C)N)c1. The van der Waals surface area contributed by atoms with Crippen LogP contribution in [0.3, 0.4) is 0 Å². The van der Waals surface area contributed by atoms with Crippen molar-refractivity contribution < 1.29 is 9.53 Å². The molecule has 0 radical (unpaired) electrons. The van der Waals surface area contributed by atoms with E-state index in [9.17, 15) is 4.79 Å². The molecular weight excluding hydrogens is 228 g/mol. The molecule has 0 heterocycles. The van der Waals surface area contributed by atoms with Gasteiger partial charge in [0.15, 0.2) is 0 Å². The third kappa shape index (κ3) is 5.19. The predicted molar refractivity (Wildman–Crippen MR) is 72.3 cm³/mol. The molecule has 0 aromatic heterocycles. The number of ether oxygens (including phenoxy) is 1. The lowest BCUT2D eigenvalue weighted by Crippen LogP contribution is -2.37. The summed E-state index contributed by atoms with van der Waals surface area (Å²) in [5.74, 6) is 1.17. The zero-order valence-electron chi connectivity index (χ0n) is 11.3. The van der Waals surface area contributed by atoms with E-state index in [-0.39, 0.29) is 5.91 Å². The Balaban J connectivity index is 2.51. The number of hydrogen-bond donors (Lipinski definition) is 2. The lowest BCUT2D eigenvalue weighted by atomic mass is 10.2. The molecule has 0 aliphatic rings. The highest BCUT2D eigenvalue weighted by Crippen LogP contribution is 2.14. The van der Waals surface area contributed by atoms with Crippen molar-refractivity contribution in [3.63, 3.8) is 0 Å². The quantitative estimate of drug-likeness (QED) is 0.807. The van der Waals surface area contributed by atoms with E-state index in [0.717, 1.165) is 11.3 Å². The van der Waals surface area contributed by atoms with Crippen LogP contribution in [0.4, 0.5) is 0 Å². The molecule has 1 rings (SSSR count). The lowest BCUT2D eigenvalue weighted by Gasteiger charge is -2.11. The maximum Gasteiger partial charge on any atom is 0.236 e. The average molecular weight is 250 g/mol. The smallest absolute Gasteiger partial charge is 0.236 e. The van der Waals surface area contributed by atoms with E-state index >= 15 is 0 Å². The van der Waals surface area contributed by atoms with Gasteiger partial charge in [-0.2, -0.15) is 0 Å². The Kier molecular flexibility index (Phi) is 5.65. The molecule has 1 amide bonds. The number of carbonyl (C=O) groups excluding carboxylic acids is 1. The molecule has 0 bridgehead atoms. The van der Waals surface area contributed by atoms with Crippen molar-refractivity contribution in [1.82, 2.24) is 5.32 Å². The van der Waals surface area contributed by atoms with Gasteiger partial charge in [-0.05, 0) is 30.5 Å². The van der Waals surface area contributed by atoms with E-state index in [0.29, 0.717) is 19.1 Å². The van der Waals surface area contributed by atoms with Gasteiger partial charge in [0.05, 0.1) is 12.6 Å². The zero-order valence-corrected chi connectivity index (χ0v) is 11.3. The first-order chi connectivity index (χ1) is 8.49. The van der Waals surface area contributed by atoms with E-state index < -0.39 is 6.04 Å². The first-order valence-electron chi connectivity index (χ1n) is 6.24. The minimum absolute atomic E-state index is 0.150. The molecule has 0 aliphatic carbocycles. The first-order valence-corrected chi connectivity index (χ1v) is 6.24. The summed E-state index contributed by atoms with van der Waals surface area (Å²) in [6, 6.07) is 7.24. The summed E-state index contributed by atoms with van der Waals surface area (Å²) in [7, 11) is 0. The highest BCUT2D eigenvalue weighted by Gasteiger charge is 2.06. The monoisotopic (exact) mass is 250 g/mol. The maximum absolute atomic E-state index is 11.3. The van der Waals surface area contributed by atoms with Gasteiger partial charge in [0.1, 0.15) is 5.75 Å². The fourth-order valence-corrected chi connectivity index (χ4v) is 1.36. The maximum atomic E-state index is 11.3. The van der Waals surface area contributed by atoms with E-state index in [1.54, 1.807) is 6.92 Å². The van der Waals surface area contributed by atoms with Gasteiger partial charge in [-0.1, -0.05) is 26.0 Å². The Morgan fingerprint density at radius 2 is 2.11 bits per heavy atom. The van der Waals surface area contributed by atoms with Crippen LogP contribution in [0, 0.1) is 5.92 Å². The minimum atomic E-state index is -0.481. The second-order valence-electron chi connectivity index (χ2n) is 4.86. The molecule has 0 fully saturated rings. The van der Waals surface area contributed by atoms with Crippen LogP contribution in [0.1, 0.15) is 26.3 Å². The summed E-state index contributed by atoms with van der Waals surface area (Å²) in [6.45, 7) is 7.03. The van der Waals surface area contributed by atoms with Gasteiger partial charge < -0.3 is 15.8 Å². The standard InChI is InChI=1S/C14H22N2O2/c1-10(2)9-18-13-6-4-5-12(7-13)8-16-14(17)11(3)15/h4-7,10-11H,8-9,15H2,1-3H3,(H,16,17)/t11-/m1/s1. The van der Waals surface area contributed by atoms with Crippen molar-refractivity contribution in [3.05, 3.63) is 29.8 Å². The summed E-state index contributed by atoms with van der Waals surface area (Å²) < 4.78 is 5.62. The highest BCUT2D eigenvalue weighted by atomic mass is 16.5. The topological polar surface area (TPSA) is 64.3 Å². The van der Waals surface area contributed by atoms with Crippen LogP contribution < -0.4 is 15.8 Å². The molecule has 100 valence electrons. The predicted octanol–water partition coefficient (Wildman–Crippen LogP) is 1.68. The van der Waals surface area contributed by atoms with E-state index in [1.165, 1.54) is 0 Å². The van der Waals surface area contributed by atoms with Gasteiger partial charge in [-0.3, -0.25) is 4.79 Å². The average Bonchev–Trinajstić information content (AvgIpc) is 2.33. The third-order valence-corrected chi connectivity index (χ3v) is 2.36. The molecule has 4 heteroatoms. The van der Waals surface area contributed by atoms with Crippen LogP contribution >= 0.6 is 0 Å². The Hall–Kier alpha value is -1.55. The third-order valence-electron chi connectivity index (χ3n) is 2.36. The molecule has 4 nitrogen and oxygen atoms in total. The Bertz CT molecular complexity index is 389. The Morgan fingerprint density at radius 1 is 1.39 bits per heavy atom. The number of nitrogens with one attached hydrogen (secondary N) is 1. The molecule has 1 atom stereocenters. The van der Waals surface area contributed by atoms with E-state index in [2.05, 4.69) is 19.2 Å². The van der Waals surface area contributed by atoms with Crippen LogP contribution in [0.2, 0.25) is 0 Å². The summed E-state index contributed by atoms with van der Waals surface area (Å²) in [6.07, 6.45) is 0. The number of nitrogens with two attached hydrogens (primary N) is 1. The van der Waals surface area contributed by atoms with Crippen molar-refractivity contribution in [1.29, 1.82) is 0 Å². The fourth-order valence-electron chi connectivity index (χ4n) is 1.36. The fraction of sp³-hybridized carbons (Fsp3) is 0.500. The largest absolute Gasteiger partial charge is 0.493 e. The molecule has 3 N–H and O–H groups in total. The second kappa shape index (κ2) is 7.01. The molecule has 1 aromatic carbocycles. The number of carbonyl (C=O) groups is 1. The van der Waals surface area contributed by atoms with Gasteiger partial charge in [0.25, 0.3) is 0 Å². The van der Waals surface area contributed by atoms with Crippen molar-refractivity contribution in [2.45, 2.75) is 33.4 Å². The van der Waals surface area contributed by atoms with Gasteiger partial charge in [-0.15, -0.1) is 0 Å². The van der Waals surface area contributed by atoms with Crippen molar-refractivity contribution in [2.75, 3.05) is 6.61 Å². The zero-order chi connectivity index (χ0) is 13.5. The van der Waals surface area contributed by atoms with Gasteiger partial charge in [0, 0.05) is 6.54 Å². The summed E-state index contributed by atoms with van der Waals surface area (Å²) in [5.41, 5.74) is 6.48. The van der Waals surface area contributed by atoms with Gasteiger partial charge in [-0.25, -0.2) is 0 Å². The van der Waals surface area contributed by atoms with Crippen molar-refractivity contribution in [3.8, 4) is 5.75 Å². The lowest BCUT2D eigenvalue weighted by molar-refractivity contribution is -0.122. The Morgan fingerprint density at radius 3 is 2.72 bits per heavy atom. The number of rotatable bonds is 6. The molecule has 0 spiro atoms. The molecule has 0 saturated heterocycles. The number of amides is 1. The minimum Gasteiger partial charge on any atom is -0.493 e. The van der Waals surface area contributed by atoms with E-state index in [4.69, 9.17) is 10.5 Å². The normalized spacial score (nSPS) is 12.3. The molecule has 0 unspecified atom stereocenters. The van der Waals surface area contributed by atoms with Crippen LogP contribution in [-0.4, -0.2) is 18.6 Å². The highest BCUT2D eigenvalue weighted by molar-refractivity contribution is 5.80. The summed E-state index contributed by atoms with van der Waals surface area (Å²) >= 11 is 0. The van der Waals surface area contributed by atoms with Gasteiger partial charge >= 0.3 is 0 Å². The molecule has 18 heavy (non-hydrogen) atoms.